The second-order valence-electron chi connectivity index (χ2n) is 3.69. The van der Waals surface area contributed by atoms with E-state index in [1.807, 2.05) is 6.07 Å². The van der Waals surface area contributed by atoms with E-state index in [1.54, 1.807) is 28.9 Å². The minimum atomic E-state index is 0.399. The monoisotopic (exact) mass is 259 g/mol. The first kappa shape index (κ1) is 10.5. The van der Waals surface area contributed by atoms with E-state index in [1.165, 1.54) is 15.4 Å². The second kappa shape index (κ2) is 3.99. The van der Waals surface area contributed by atoms with Crippen molar-refractivity contribution in [2.45, 2.75) is 13.3 Å². The van der Waals surface area contributed by atoms with Gasteiger partial charge >= 0.3 is 0 Å². The molecular formula is C12H9N3S2. The first-order valence-corrected chi connectivity index (χ1v) is 6.87. The Morgan fingerprint density at radius 2 is 2.41 bits per heavy atom. The maximum atomic E-state index is 8.84. The van der Waals surface area contributed by atoms with Gasteiger partial charge in [0.1, 0.15) is 0 Å². The lowest BCUT2D eigenvalue weighted by Gasteiger charge is -2.00. The standard InChI is InChI=1S/C12H9N3S2/c1-8-11(10-3-2-6-16-10)15-9(4-5-13)7-14-12(15)17-8/h2-3,6-7H,4H2,1H3. The van der Waals surface area contributed by atoms with Crippen LogP contribution in [0.3, 0.4) is 0 Å². The predicted molar refractivity (Wildman–Crippen MR) is 70.4 cm³/mol. The SMILES string of the molecule is Cc1sc2ncc(CC#N)n2c1-c1cccs1. The molecule has 84 valence electrons. The van der Waals surface area contributed by atoms with Crippen molar-refractivity contribution in [3.8, 4) is 16.6 Å². The summed E-state index contributed by atoms with van der Waals surface area (Å²) in [5.41, 5.74) is 2.15. The van der Waals surface area contributed by atoms with Crippen molar-refractivity contribution in [1.29, 1.82) is 5.26 Å². The molecule has 0 atom stereocenters. The van der Waals surface area contributed by atoms with Gasteiger partial charge in [0, 0.05) is 4.88 Å². The number of aryl methyl sites for hydroxylation is 1. The van der Waals surface area contributed by atoms with Crippen LogP contribution in [0.2, 0.25) is 0 Å². The van der Waals surface area contributed by atoms with Crippen molar-refractivity contribution in [2.24, 2.45) is 0 Å². The summed E-state index contributed by atoms with van der Waals surface area (Å²) in [6.07, 6.45) is 2.20. The summed E-state index contributed by atoms with van der Waals surface area (Å²) in [6, 6.07) is 6.34. The highest BCUT2D eigenvalue weighted by molar-refractivity contribution is 7.18. The van der Waals surface area contributed by atoms with Crippen LogP contribution in [0.25, 0.3) is 15.5 Å². The quantitative estimate of drug-likeness (QED) is 0.706. The van der Waals surface area contributed by atoms with E-state index in [0.29, 0.717) is 6.42 Å². The van der Waals surface area contributed by atoms with Gasteiger partial charge in [0.25, 0.3) is 0 Å². The van der Waals surface area contributed by atoms with Gasteiger partial charge in [-0.25, -0.2) is 4.98 Å². The highest BCUT2D eigenvalue weighted by atomic mass is 32.1. The van der Waals surface area contributed by atoms with Crippen LogP contribution in [0.4, 0.5) is 0 Å². The second-order valence-corrected chi connectivity index (χ2v) is 5.82. The summed E-state index contributed by atoms with van der Waals surface area (Å²) in [5, 5.41) is 10.9. The minimum absolute atomic E-state index is 0.399. The zero-order valence-corrected chi connectivity index (χ0v) is 10.8. The molecule has 0 fully saturated rings. The number of aromatic nitrogens is 2. The Hall–Kier alpha value is -1.64. The highest BCUT2D eigenvalue weighted by Crippen LogP contribution is 2.34. The largest absolute Gasteiger partial charge is 0.285 e. The summed E-state index contributed by atoms with van der Waals surface area (Å²) in [7, 11) is 0. The van der Waals surface area contributed by atoms with Crippen molar-refractivity contribution in [1.82, 2.24) is 9.38 Å². The first-order chi connectivity index (χ1) is 8.31. The van der Waals surface area contributed by atoms with Crippen LogP contribution in [0.15, 0.2) is 23.7 Å². The predicted octanol–water partition coefficient (Wildman–Crippen LogP) is 3.50. The summed E-state index contributed by atoms with van der Waals surface area (Å²) in [6.45, 7) is 2.10. The van der Waals surface area contributed by atoms with E-state index in [-0.39, 0.29) is 0 Å². The summed E-state index contributed by atoms with van der Waals surface area (Å²) >= 11 is 3.39. The van der Waals surface area contributed by atoms with Crippen LogP contribution in [-0.2, 0) is 6.42 Å². The van der Waals surface area contributed by atoms with Gasteiger partial charge in [0.2, 0.25) is 0 Å². The van der Waals surface area contributed by atoms with E-state index in [9.17, 15) is 0 Å². The molecule has 0 aliphatic carbocycles. The Morgan fingerprint density at radius 3 is 3.12 bits per heavy atom. The number of imidazole rings is 1. The van der Waals surface area contributed by atoms with E-state index in [4.69, 9.17) is 5.26 Å². The van der Waals surface area contributed by atoms with Crippen LogP contribution >= 0.6 is 22.7 Å². The van der Waals surface area contributed by atoms with Gasteiger partial charge < -0.3 is 0 Å². The van der Waals surface area contributed by atoms with Crippen molar-refractivity contribution in [2.75, 3.05) is 0 Å². The third kappa shape index (κ3) is 1.57. The van der Waals surface area contributed by atoms with Gasteiger partial charge in [-0.1, -0.05) is 6.07 Å². The highest BCUT2D eigenvalue weighted by Gasteiger charge is 2.15. The van der Waals surface area contributed by atoms with E-state index < -0.39 is 0 Å². The number of thiazole rings is 1. The Bertz CT molecular complexity index is 698. The summed E-state index contributed by atoms with van der Waals surface area (Å²) in [5.74, 6) is 0. The molecule has 0 unspecified atom stereocenters. The lowest BCUT2D eigenvalue weighted by Crippen LogP contribution is -1.92. The Labute approximate surface area is 107 Å². The fraction of sp³-hybridized carbons (Fsp3) is 0.167. The molecule has 0 aliphatic heterocycles. The van der Waals surface area contributed by atoms with Gasteiger partial charge in [-0.05, 0) is 18.4 Å². The molecule has 0 N–H and O–H groups in total. The fourth-order valence-corrected chi connectivity index (χ4v) is 3.78. The molecular weight excluding hydrogens is 250 g/mol. The average Bonchev–Trinajstić information content (AvgIpc) is 2.97. The maximum absolute atomic E-state index is 8.84. The number of hydrogen-bond donors (Lipinski definition) is 0. The molecule has 3 nitrogen and oxygen atoms in total. The van der Waals surface area contributed by atoms with Gasteiger partial charge in [-0.15, -0.1) is 22.7 Å². The summed E-state index contributed by atoms with van der Waals surface area (Å²) in [4.78, 5) is 7.81. The lowest BCUT2D eigenvalue weighted by atomic mass is 10.3. The third-order valence-corrected chi connectivity index (χ3v) is 4.47. The molecule has 3 aromatic rings. The normalized spacial score (nSPS) is 10.8. The third-order valence-electron chi connectivity index (χ3n) is 2.62. The molecule has 3 rings (SSSR count). The zero-order chi connectivity index (χ0) is 11.8. The molecule has 3 aromatic heterocycles. The molecule has 0 spiro atoms. The van der Waals surface area contributed by atoms with Gasteiger partial charge in [-0.3, -0.25) is 4.40 Å². The maximum Gasteiger partial charge on any atom is 0.194 e. The van der Waals surface area contributed by atoms with Crippen LogP contribution < -0.4 is 0 Å². The van der Waals surface area contributed by atoms with E-state index in [0.717, 1.165) is 10.7 Å². The molecule has 0 saturated heterocycles. The van der Waals surface area contributed by atoms with Gasteiger partial charge in [0.15, 0.2) is 4.96 Å². The number of rotatable bonds is 2. The number of fused-ring (bicyclic) bond motifs is 1. The number of hydrogen-bond acceptors (Lipinski definition) is 4. The molecule has 0 amide bonds. The summed E-state index contributed by atoms with van der Waals surface area (Å²) < 4.78 is 2.11. The fourth-order valence-electron chi connectivity index (χ4n) is 1.92. The smallest absolute Gasteiger partial charge is 0.194 e. The lowest BCUT2D eigenvalue weighted by molar-refractivity contribution is 1.07. The van der Waals surface area contributed by atoms with E-state index >= 15 is 0 Å². The molecule has 17 heavy (non-hydrogen) atoms. The molecule has 0 saturated carbocycles. The van der Waals surface area contributed by atoms with Gasteiger partial charge in [-0.2, -0.15) is 5.26 Å². The number of thiophene rings is 1. The van der Waals surface area contributed by atoms with Crippen molar-refractivity contribution in [3.63, 3.8) is 0 Å². The zero-order valence-electron chi connectivity index (χ0n) is 9.17. The molecule has 3 heterocycles. The van der Waals surface area contributed by atoms with Crippen LogP contribution in [0.1, 0.15) is 10.6 Å². The van der Waals surface area contributed by atoms with Crippen molar-refractivity contribution >= 4 is 27.6 Å². The van der Waals surface area contributed by atoms with Crippen LogP contribution in [0.5, 0.6) is 0 Å². The number of nitrogens with zero attached hydrogens (tertiary/aromatic N) is 3. The molecule has 0 radical (unpaired) electrons. The average molecular weight is 259 g/mol. The Balaban J connectivity index is 2.32. The first-order valence-electron chi connectivity index (χ1n) is 5.18. The topological polar surface area (TPSA) is 41.1 Å². The molecule has 0 aromatic carbocycles. The number of nitriles is 1. The van der Waals surface area contributed by atoms with Crippen LogP contribution in [-0.4, -0.2) is 9.38 Å². The van der Waals surface area contributed by atoms with Crippen molar-refractivity contribution < 1.29 is 0 Å². The van der Waals surface area contributed by atoms with E-state index in [2.05, 4.69) is 33.8 Å². The molecule has 0 aliphatic rings. The molecule has 5 heteroatoms. The van der Waals surface area contributed by atoms with Crippen molar-refractivity contribution in [3.05, 3.63) is 34.3 Å². The van der Waals surface area contributed by atoms with Crippen LogP contribution in [0, 0.1) is 18.3 Å². The minimum Gasteiger partial charge on any atom is -0.285 e. The molecule has 0 bridgehead atoms. The van der Waals surface area contributed by atoms with Gasteiger partial charge in [0.05, 0.1) is 35.0 Å². The Kier molecular flexibility index (Phi) is 2.46. The Morgan fingerprint density at radius 1 is 1.53 bits per heavy atom.